The van der Waals surface area contributed by atoms with Crippen LogP contribution in [0.25, 0.3) is 5.70 Å². The minimum absolute atomic E-state index is 0.0540. The second-order valence-electron chi connectivity index (χ2n) is 6.24. The number of rotatable bonds is 2. The molecule has 0 unspecified atom stereocenters. The predicted molar refractivity (Wildman–Crippen MR) is 90.0 cm³/mol. The number of nitrogens with zero attached hydrogens (tertiary/aromatic N) is 1. The van der Waals surface area contributed by atoms with Gasteiger partial charge < -0.3 is 4.74 Å². The number of allylic oxidation sites excluding steroid dienone is 1. The smallest absolute Gasteiger partial charge is 0.337 e. The third-order valence-electron chi connectivity index (χ3n) is 4.13. The lowest BCUT2D eigenvalue weighted by atomic mass is 9.76. The van der Waals surface area contributed by atoms with Gasteiger partial charge in [0.1, 0.15) is 0 Å². The lowest BCUT2D eigenvalue weighted by Gasteiger charge is -2.29. The average molecular weight is 323 g/mol. The van der Waals surface area contributed by atoms with Gasteiger partial charge in [0, 0.05) is 28.8 Å². The van der Waals surface area contributed by atoms with Crippen LogP contribution in [0.1, 0.15) is 40.1 Å². The van der Waals surface area contributed by atoms with Gasteiger partial charge in [-0.15, -0.1) is 0 Å². The van der Waals surface area contributed by atoms with Crippen LogP contribution in [0.4, 0.5) is 0 Å². The Morgan fingerprint density at radius 2 is 1.83 bits per heavy atom. The molecule has 1 aliphatic carbocycles. The SMILES string of the molecule is COC(=O)c1ccc2c(c1)C(n1ccccc1=O)=CC(C)(C)C2=O. The zero-order valence-corrected chi connectivity index (χ0v) is 13.7. The summed E-state index contributed by atoms with van der Waals surface area (Å²) in [6.07, 6.45) is 3.41. The van der Waals surface area contributed by atoms with E-state index >= 15 is 0 Å². The van der Waals surface area contributed by atoms with E-state index in [1.165, 1.54) is 17.7 Å². The third kappa shape index (κ3) is 2.48. The fourth-order valence-electron chi connectivity index (χ4n) is 2.86. The number of ketones is 1. The summed E-state index contributed by atoms with van der Waals surface area (Å²) in [6, 6.07) is 9.63. The molecule has 0 bridgehead atoms. The number of hydrogen-bond donors (Lipinski definition) is 0. The molecule has 2 aromatic rings. The van der Waals surface area contributed by atoms with Gasteiger partial charge in [-0.05, 0) is 44.2 Å². The lowest BCUT2D eigenvalue weighted by Crippen LogP contribution is -2.31. The molecule has 1 aromatic carbocycles. The molecule has 1 aromatic heterocycles. The van der Waals surface area contributed by atoms with Gasteiger partial charge in [0.15, 0.2) is 5.78 Å². The van der Waals surface area contributed by atoms with Gasteiger partial charge in [-0.1, -0.05) is 6.07 Å². The molecule has 122 valence electrons. The molecule has 0 spiro atoms. The van der Waals surface area contributed by atoms with Crippen molar-refractivity contribution < 1.29 is 14.3 Å². The average Bonchev–Trinajstić information content (AvgIpc) is 2.57. The van der Waals surface area contributed by atoms with E-state index in [0.717, 1.165) is 0 Å². The van der Waals surface area contributed by atoms with E-state index in [-0.39, 0.29) is 11.3 Å². The summed E-state index contributed by atoms with van der Waals surface area (Å²) in [5.74, 6) is -0.545. The molecular weight excluding hydrogens is 306 g/mol. The van der Waals surface area contributed by atoms with Crippen LogP contribution >= 0.6 is 0 Å². The van der Waals surface area contributed by atoms with Gasteiger partial charge in [-0.3, -0.25) is 14.2 Å². The molecule has 0 N–H and O–H groups in total. The maximum absolute atomic E-state index is 12.7. The van der Waals surface area contributed by atoms with Gasteiger partial charge in [0.05, 0.1) is 18.4 Å². The lowest BCUT2D eigenvalue weighted by molar-refractivity contribution is 0.0600. The zero-order valence-electron chi connectivity index (χ0n) is 13.7. The van der Waals surface area contributed by atoms with E-state index in [4.69, 9.17) is 4.74 Å². The number of hydrogen-bond acceptors (Lipinski definition) is 4. The number of carbonyl (C=O) groups excluding carboxylic acids is 2. The van der Waals surface area contributed by atoms with Crippen LogP contribution in [-0.2, 0) is 4.74 Å². The summed E-state index contributed by atoms with van der Waals surface area (Å²) in [5.41, 5.74) is 1.01. The van der Waals surface area contributed by atoms with Crippen LogP contribution in [0.3, 0.4) is 0 Å². The first kappa shape index (κ1) is 15.9. The fourth-order valence-corrected chi connectivity index (χ4v) is 2.86. The minimum atomic E-state index is -0.746. The van der Waals surface area contributed by atoms with Gasteiger partial charge >= 0.3 is 5.97 Å². The second-order valence-corrected chi connectivity index (χ2v) is 6.24. The first-order valence-corrected chi connectivity index (χ1v) is 7.53. The van der Waals surface area contributed by atoms with E-state index < -0.39 is 11.4 Å². The summed E-state index contributed by atoms with van der Waals surface area (Å²) < 4.78 is 6.23. The molecule has 0 atom stereocenters. The van der Waals surface area contributed by atoms with Crippen molar-refractivity contribution in [2.45, 2.75) is 13.8 Å². The van der Waals surface area contributed by atoms with Gasteiger partial charge in [0.2, 0.25) is 0 Å². The van der Waals surface area contributed by atoms with Crippen molar-refractivity contribution in [2.75, 3.05) is 7.11 Å². The molecule has 1 aliphatic rings. The van der Waals surface area contributed by atoms with Crippen LogP contribution in [0, 0.1) is 5.41 Å². The summed E-state index contributed by atoms with van der Waals surface area (Å²) in [4.78, 5) is 36.8. The second kappa shape index (κ2) is 5.60. The van der Waals surface area contributed by atoms with Crippen molar-refractivity contribution in [3.63, 3.8) is 0 Å². The quantitative estimate of drug-likeness (QED) is 0.797. The molecule has 0 aliphatic heterocycles. The Morgan fingerprint density at radius 3 is 2.50 bits per heavy atom. The van der Waals surface area contributed by atoms with Gasteiger partial charge in [-0.25, -0.2) is 4.79 Å². The Kier molecular flexibility index (Phi) is 3.72. The topological polar surface area (TPSA) is 65.4 Å². The molecule has 0 fully saturated rings. The summed E-state index contributed by atoms with van der Waals surface area (Å²) in [7, 11) is 1.30. The zero-order chi connectivity index (χ0) is 17.5. The van der Waals surface area contributed by atoms with Gasteiger partial charge in [0.25, 0.3) is 5.56 Å². The van der Waals surface area contributed by atoms with Crippen LogP contribution in [-0.4, -0.2) is 23.4 Å². The van der Waals surface area contributed by atoms with Crippen molar-refractivity contribution >= 4 is 17.4 Å². The van der Waals surface area contributed by atoms with Crippen molar-refractivity contribution in [2.24, 2.45) is 5.41 Å². The third-order valence-corrected chi connectivity index (χ3v) is 4.13. The van der Waals surface area contributed by atoms with Crippen LogP contribution in [0.2, 0.25) is 0 Å². The van der Waals surface area contributed by atoms with Crippen LogP contribution in [0.15, 0.2) is 53.5 Å². The van der Waals surface area contributed by atoms with Gasteiger partial charge in [-0.2, -0.15) is 0 Å². The first-order chi connectivity index (χ1) is 11.3. The molecule has 0 radical (unpaired) electrons. The van der Waals surface area contributed by atoms with E-state index in [0.29, 0.717) is 22.4 Å². The van der Waals surface area contributed by atoms with E-state index in [9.17, 15) is 14.4 Å². The Hall–Kier alpha value is -2.95. The molecule has 5 heteroatoms. The largest absolute Gasteiger partial charge is 0.465 e. The molecule has 0 saturated carbocycles. The number of carbonyl (C=O) groups is 2. The molecule has 3 rings (SSSR count). The highest BCUT2D eigenvalue weighted by atomic mass is 16.5. The van der Waals surface area contributed by atoms with Crippen molar-refractivity contribution in [3.05, 3.63) is 75.7 Å². The number of ether oxygens (including phenoxy) is 1. The Balaban J connectivity index is 2.30. The predicted octanol–water partition coefficient (Wildman–Crippen LogP) is 2.75. The number of aromatic nitrogens is 1. The summed E-state index contributed by atoms with van der Waals surface area (Å²) in [5, 5.41) is 0. The molecule has 1 heterocycles. The summed E-state index contributed by atoms with van der Waals surface area (Å²) >= 11 is 0. The highest BCUT2D eigenvalue weighted by molar-refractivity contribution is 6.09. The number of pyridine rings is 1. The van der Waals surface area contributed by atoms with E-state index in [2.05, 4.69) is 0 Å². The fraction of sp³-hybridized carbons (Fsp3) is 0.211. The molecule has 0 saturated heterocycles. The minimum Gasteiger partial charge on any atom is -0.465 e. The Bertz CT molecular complexity index is 934. The number of esters is 1. The number of benzene rings is 1. The standard InChI is InChI=1S/C19H17NO4/c1-19(2)11-15(20-9-5-4-6-16(20)21)14-10-12(18(23)24-3)7-8-13(14)17(19)22/h4-11H,1-3H3. The van der Waals surface area contributed by atoms with E-state index in [1.54, 1.807) is 56.5 Å². The maximum atomic E-state index is 12.7. The Labute approximate surface area is 139 Å². The highest BCUT2D eigenvalue weighted by Crippen LogP contribution is 2.37. The molecule has 24 heavy (non-hydrogen) atoms. The highest BCUT2D eigenvalue weighted by Gasteiger charge is 2.35. The first-order valence-electron chi connectivity index (χ1n) is 7.53. The van der Waals surface area contributed by atoms with Crippen LogP contribution < -0.4 is 5.56 Å². The van der Waals surface area contributed by atoms with E-state index in [1.807, 2.05) is 0 Å². The van der Waals surface area contributed by atoms with Crippen molar-refractivity contribution in [3.8, 4) is 0 Å². The molecule has 5 nitrogen and oxygen atoms in total. The monoisotopic (exact) mass is 323 g/mol. The van der Waals surface area contributed by atoms with Crippen LogP contribution in [0.5, 0.6) is 0 Å². The number of fused-ring (bicyclic) bond motifs is 1. The number of Topliss-reactive ketones (excluding diaryl/α,β-unsaturated/α-hetero) is 1. The summed E-state index contributed by atoms with van der Waals surface area (Å²) in [6.45, 7) is 3.61. The Morgan fingerprint density at radius 1 is 1.08 bits per heavy atom. The molecule has 0 amide bonds. The normalized spacial score (nSPS) is 15.5. The molecular formula is C19H17NO4. The maximum Gasteiger partial charge on any atom is 0.337 e. The van der Waals surface area contributed by atoms with Crippen molar-refractivity contribution in [1.29, 1.82) is 0 Å². The number of methoxy groups -OCH3 is 1. The van der Waals surface area contributed by atoms with Crippen molar-refractivity contribution in [1.82, 2.24) is 4.57 Å².